The highest BCUT2D eigenvalue weighted by molar-refractivity contribution is 9.10. The Kier molecular flexibility index (Phi) is 3.43. The first-order valence-electron chi connectivity index (χ1n) is 4.90. The number of benzene rings is 1. The molecule has 0 spiro atoms. The zero-order chi connectivity index (χ0) is 10.8. The molecule has 1 saturated heterocycles. The lowest BCUT2D eigenvalue weighted by molar-refractivity contribution is 0.535. The standard InChI is InChI=1S/C10H13BrN2OS/c11-9-4-3-8(12)7-10(9)15(14)13-5-1-2-6-13/h3-4,7H,1-2,5-6,12H2. The summed E-state index contributed by atoms with van der Waals surface area (Å²) in [6, 6.07) is 5.42. The van der Waals surface area contributed by atoms with Gasteiger partial charge in [0.1, 0.15) is 11.0 Å². The van der Waals surface area contributed by atoms with Crippen LogP contribution in [0.15, 0.2) is 27.6 Å². The summed E-state index contributed by atoms with van der Waals surface area (Å²) < 4.78 is 15.0. The van der Waals surface area contributed by atoms with Gasteiger partial charge in [-0.15, -0.1) is 0 Å². The van der Waals surface area contributed by atoms with Gasteiger partial charge in [0.15, 0.2) is 0 Å². The zero-order valence-corrected chi connectivity index (χ0v) is 10.7. The van der Waals surface area contributed by atoms with E-state index in [0.29, 0.717) is 5.69 Å². The maximum absolute atomic E-state index is 12.2. The SMILES string of the molecule is Nc1ccc(Br)c(S(=O)N2CCCC2)c1. The molecule has 2 rings (SSSR count). The third-order valence-corrected chi connectivity index (χ3v) is 4.95. The highest BCUT2D eigenvalue weighted by Gasteiger charge is 2.20. The van der Waals surface area contributed by atoms with Gasteiger partial charge in [-0.1, -0.05) is 0 Å². The normalized spacial score (nSPS) is 19.3. The molecule has 0 saturated carbocycles. The number of nitrogens with two attached hydrogens (primary N) is 1. The van der Waals surface area contributed by atoms with Gasteiger partial charge in [0.05, 0.1) is 4.90 Å². The number of nitrogen functional groups attached to an aromatic ring is 1. The fraction of sp³-hybridized carbons (Fsp3) is 0.400. The molecule has 1 aliphatic rings. The Labute approximate surface area is 100 Å². The second kappa shape index (κ2) is 4.63. The molecule has 1 fully saturated rings. The van der Waals surface area contributed by atoms with Crippen LogP contribution in [0.1, 0.15) is 12.8 Å². The first-order valence-corrected chi connectivity index (χ1v) is 6.80. The Morgan fingerprint density at radius 1 is 1.33 bits per heavy atom. The highest BCUT2D eigenvalue weighted by Crippen LogP contribution is 2.26. The Morgan fingerprint density at radius 2 is 2.00 bits per heavy atom. The molecule has 0 aliphatic carbocycles. The van der Waals surface area contributed by atoms with Crippen LogP contribution in [-0.4, -0.2) is 21.6 Å². The largest absolute Gasteiger partial charge is 0.399 e. The predicted molar refractivity (Wildman–Crippen MR) is 65.8 cm³/mol. The van der Waals surface area contributed by atoms with Crippen LogP contribution in [0.25, 0.3) is 0 Å². The summed E-state index contributed by atoms with van der Waals surface area (Å²) in [6.45, 7) is 1.82. The summed E-state index contributed by atoms with van der Waals surface area (Å²) in [6.07, 6.45) is 2.26. The van der Waals surface area contributed by atoms with Crippen LogP contribution in [0.3, 0.4) is 0 Å². The van der Waals surface area contributed by atoms with Crippen molar-refractivity contribution < 1.29 is 4.21 Å². The van der Waals surface area contributed by atoms with Gasteiger partial charge in [-0.3, -0.25) is 0 Å². The molecule has 15 heavy (non-hydrogen) atoms. The first-order chi connectivity index (χ1) is 7.18. The van der Waals surface area contributed by atoms with E-state index in [1.807, 2.05) is 10.4 Å². The Balaban J connectivity index is 2.27. The molecule has 1 aromatic rings. The Morgan fingerprint density at radius 3 is 2.67 bits per heavy atom. The van der Waals surface area contributed by atoms with Crippen molar-refractivity contribution >= 4 is 32.6 Å². The summed E-state index contributed by atoms with van der Waals surface area (Å²) in [4.78, 5) is 0.775. The first kappa shape index (κ1) is 11.1. The highest BCUT2D eigenvalue weighted by atomic mass is 79.9. The van der Waals surface area contributed by atoms with Crippen molar-refractivity contribution in [2.75, 3.05) is 18.8 Å². The van der Waals surface area contributed by atoms with E-state index < -0.39 is 11.0 Å². The van der Waals surface area contributed by atoms with Crippen molar-refractivity contribution in [3.63, 3.8) is 0 Å². The van der Waals surface area contributed by atoms with E-state index in [4.69, 9.17) is 5.73 Å². The minimum Gasteiger partial charge on any atom is -0.399 e. The Bertz CT molecular complexity index is 391. The minimum atomic E-state index is -1.07. The van der Waals surface area contributed by atoms with Crippen molar-refractivity contribution in [3.05, 3.63) is 22.7 Å². The fourth-order valence-electron chi connectivity index (χ4n) is 1.65. The molecule has 2 N–H and O–H groups in total. The summed E-state index contributed by atoms with van der Waals surface area (Å²) >= 11 is 3.40. The molecule has 3 nitrogen and oxygen atoms in total. The van der Waals surface area contributed by atoms with Crippen LogP contribution in [-0.2, 0) is 11.0 Å². The van der Waals surface area contributed by atoms with Crippen LogP contribution in [0, 0.1) is 0 Å². The van der Waals surface area contributed by atoms with E-state index in [9.17, 15) is 4.21 Å². The van der Waals surface area contributed by atoms with E-state index in [2.05, 4.69) is 15.9 Å². The molecule has 0 amide bonds. The smallest absolute Gasteiger partial charge is 0.128 e. The lowest BCUT2D eigenvalue weighted by atomic mass is 10.3. The molecule has 1 unspecified atom stereocenters. The molecule has 1 atom stereocenters. The third-order valence-electron chi connectivity index (χ3n) is 2.44. The zero-order valence-electron chi connectivity index (χ0n) is 8.28. The van der Waals surface area contributed by atoms with Gasteiger partial charge in [0, 0.05) is 23.2 Å². The van der Waals surface area contributed by atoms with Crippen LogP contribution in [0.5, 0.6) is 0 Å². The van der Waals surface area contributed by atoms with E-state index in [-0.39, 0.29) is 0 Å². The second-order valence-corrected chi connectivity index (χ2v) is 5.88. The molecule has 0 radical (unpaired) electrons. The van der Waals surface area contributed by atoms with Crippen molar-refractivity contribution in [3.8, 4) is 0 Å². The quantitative estimate of drug-likeness (QED) is 0.848. The average Bonchev–Trinajstić information content (AvgIpc) is 2.74. The summed E-state index contributed by atoms with van der Waals surface area (Å²) in [7, 11) is -1.07. The number of hydrogen-bond acceptors (Lipinski definition) is 2. The van der Waals surface area contributed by atoms with Gasteiger partial charge in [-0.05, 0) is 47.0 Å². The van der Waals surface area contributed by atoms with Crippen molar-refractivity contribution in [1.29, 1.82) is 0 Å². The van der Waals surface area contributed by atoms with E-state index in [1.165, 1.54) is 0 Å². The summed E-state index contributed by atoms with van der Waals surface area (Å²) in [5, 5.41) is 0. The predicted octanol–water partition coefficient (Wildman–Crippen LogP) is 2.15. The molecule has 1 aliphatic heterocycles. The van der Waals surface area contributed by atoms with E-state index in [1.54, 1.807) is 12.1 Å². The van der Waals surface area contributed by atoms with Crippen molar-refractivity contribution in [2.24, 2.45) is 0 Å². The minimum absolute atomic E-state index is 0.653. The van der Waals surface area contributed by atoms with Crippen molar-refractivity contribution in [2.45, 2.75) is 17.7 Å². The van der Waals surface area contributed by atoms with Crippen molar-refractivity contribution in [1.82, 2.24) is 4.31 Å². The number of nitrogens with zero attached hydrogens (tertiary/aromatic N) is 1. The molecule has 82 valence electrons. The van der Waals surface area contributed by atoms with Gasteiger partial charge in [-0.25, -0.2) is 8.51 Å². The number of rotatable bonds is 2. The third kappa shape index (κ3) is 2.41. The molecule has 1 heterocycles. The summed E-state index contributed by atoms with van der Waals surface area (Å²) in [5.41, 5.74) is 6.34. The van der Waals surface area contributed by atoms with Gasteiger partial charge < -0.3 is 5.73 Å². The lowest BCUT2D eigenvalue weighted by Gasteiger charge is -2.15. The van der Waals surface area contributed by atoms with Gasteiger partial charge in [0.25, 0.3) is 0 Å². The second-order valence-electron chi connectivity index (χ2n) is 3.58. The lowest BCUT2D eigenvalue weighted by Crippen LogP contribution is -2.22. The molecule has 5 heteroatoms. The molecular weight excluding hydrogens is 276 g/mol. The molecule has 0 aromatic heterocycles. The van der Waals surface area contributed by atoms with Crippen LogP contribution in [0.4, 0.5) is 5.69 Å². The maximum Gasteiger partial charge on any atom is 0.128 e. The maximum atomic E-state index is 12.2. The van der Waals surface area contributed by atoms with E-state index in [0.717, 1.165) is 35.3 Å². The number of anilines is 1. The summed E-state index contributed by atoms with van der Waals surface area (Å²) in [5.74, 6) is 0. The fourth-order valence-corrected chi connectivity index (χ4v) is 3.65. The van der Waals surface area contributed by atoms with Gasteiger partial charge in [-0.2, -0.15) is 0 Å². The molecular formula is C10H13BrN2OS. The Hall–Kier alpha value is -0.390. The van der Waals surface area contributed by atoms with Crippen LogP contribution < -0.4 is 5.73 Å². The molecule has 1 aromatic carbocycles. The number of halogens is 1. The average molecular weight is 289 g/mol. The van der Waals surface area contributed by atoms with Crippen LogP contribution in [0.2, 0.25) is 0 Å². The van der Waals surface area contributed by atoms with Crippen LogP contribution >= 0.6 is 15.9 Å². The van der Waals surface area contributed by atoms with Gasteiger partial charge >= 0.3 is 0 Å². The monoisotopic (exact) mass is 288 g/mol. The number of hydrogen-bond donors (Lipinski definition) is 1. The topological polar surface area (TPSA) is 46.3 Å². The van der Waals surface area contributed by atoms with Gasteiger partial charge in [0.2, 0.25) is 0 Å². The van der Waals surface area contributed by atoms with E-state index >= 15 is 0 Å². The molecule has 0 bridgehead atoms.